The topological polar surface area (TPSA) is 153 Å². The average Bonchev–Trinajstić information content (AvgIpc) is 3.59. The molecule has 2 saturated heterocycles. The van der Waals surface area contributed by atoms with Crippen LogP contribution in [0.4, 0.5) is 0 Å². The van der Waals surface area contributed by atoms with Crippen LogP contribution in [0.25, 0.3) is 10.9 Å². The molecule has 2 aromatic carbocycles. The van der Waals surface area contributed by atoms with Crippen molar-refractivity contribution in [1.29, 1.82) is 0 Å². The number of aromatic hydroxyl groups is 1. The van der Waals surface area contributed by atoms with E-state index in [-0.39, 0.29) is 36.5 Å². The number of fused-ring (bicyclic) bond motifs is 2. The molecule has 3 amide bonds. The number of carbonyl (C=O) groups is 4. The van der Waals surface area contributed by atoms with Gasteiger partial charge in [-0.2, -0.15) is 0 Å². The summed E-state index contributed by atoms with van der Waals surface area (Å²) in [5.74, 6) is -2.05. The van der Waals surface area contributed by atoms with Crippen molar-refractivity contribution >= 4 is 50.5 Å². The molecule has 3 heterocycles. The monoisotopic (exact) mass is 724 g/mol. The lowest BCUT2D eigenvalue weighted by Gasteiger charge is -2.32. The minimum absolute atomic E-state index is 0.0402. The number of likely N-dealkylation sites (N-methyl/N-ethyl adjacent to an activating group) is 1. The van der Waals surface area contributed by atoms with Crippen LogP contribution in [-0.2, 0) is 35.1 Å². The predicted octanol–water partition coefficient (Wildman–Crippen LogP) is 4.91. The lowest BCUT2D eigenvalue weighted by Crippen LogP contribution is -2.55. The Bertz CT molecular complexity index is 1680. The normalized spacial score (nSPS) is 31.1. The highest BCUT2D eigenvalue weighted by molar-refractivity contribution is 9.10. The number of hydrogen-bond acceptors (Lipinski definition) is 7. The van der Waals surface area contributed by atoms with E-state index in [1.54, 1.807) is 26.1 Å². The predicted molar refractivity (Wildman–Crippen MR) is 184 cm³/mol. The van der Waals surface area contributed by atoms with E-state index in [9.17, 15) is 24.3 Å². The third kappa shape index (κ3) is 7.86. The van der Waals surface area contributed by atoms with Gasteiger partial charge in [-0.15, -0.1) is 0 Å². The lowest BCUT2D eigenvalue weighted by molar-refractivity contribution is -0.150. The van der Waals surface area contributed by atoms with E-state index >= 15 is 0 Å². The number of ether oxygens (including phenoxy) is 2. The van der Waals surface area contributed by atoms with E-state index in [4.69, 9.17) is 9.47 Å². The van der Waals surface area contributed by atoms with Crippen molar-refractivity contribution in [2.75, 3.05) is 7.05 Å². The Morgan fingerprint density at radius 1 is 0.979 bits per heavy atom. The molecule has 11 nitrogen and oxygen atoms in total. The number of benzene rings is 2. The quantitative estimate of drug-likeness (QED) is 0.221. The number of nitrogens with one attached hydrogen (secondary N) is 3. The number of amides is 3. The van der Waals surface area contributed by atoms with Crippen LogP contribution in [0.1, 0.15) is 71.0 Å². The van der Waals surface area contributed by atoms with Crippen molar-refractivity contribution in [3.05, 3.63) is 64.3 Å². The number of cyclic esters (lactones) is 1. The Balaban J connectivity index is 1.50. The van der Waals surface area contributed by atoms with Gasteiger partial charge >= 0.3 is 5.97 Å². The van der Waals surface area contributed by atoms with E-state index in [0.29, 0.717) is 23.0 Å². The number of epoxide rings is 1. The lowest BCUT2D eigenvalue weighted by atomic mass is 9.87. The largest absolute Gasteiger partial charge is 0.508 e. The van der Waals surface area contributed by atoms with Gasteiger partial charge in [-0.05, 0) is 84.8 Å². The molecule has 1 aromatic heterocycles. The number of phenols is 1. The standard InChI is InChI=1S/C36H45BrN4O7/c1-19-15-21(3)47-30(43)17-28(23-11-13-24(42)14-12-23)40-34(45)29(16-26-25-9-7-8-10-27(25)39-32(26)37)41(6)35(46)22(4)38-33(44)20(2)18-36(5)31(19)48-36/h7-14,19-22,28-29,31,39,42H,15-18H2,1-6H3,(H,38,44)(H,40,45)/t19?,20-,21?,22?,28+,29+,31?,36?/m0/s1. The van der Waals surface area contributed by atoms with Crippen LogP contribution in [0.2, 0.25) is 0 Å². The second-order valence-corrected chi connectivity index (χ2v) is 14.5. The van der Waals surface area contributed by atoms with Crippen molar-refractivity contribution in [2.45, 2.75) is 96.2 Å². The molecule has 5 unspecified atom stereocenters. The number of hydrogen-bond donors (Lipinski definition) is 4. The van der Waals surface area contributed by atoms with Crippen LogP contribution in [0, 0.1) is 11.8 Å². The van der Waals surface area contributed by atoms with E-state index < -0.39 is 53.5 Å². The van der Waals surface area contributed by atoms with E-state index in [1.165, 1.54) is 17.0 Å². The Hall–Kier alpha value is -3.90. The molecule has 5 rings (SSSR count). The number of esters is 1. The van der Waals surface area contributed by atoms with Crippen LogP contribution in [0.3, 0.4) is 0 Å². The SMILES string of the molecule is CC1CC(C)C2OC2(C)C[C@H](C)C(=O)NC(C)C(=O)N(C)[C@H](Cc2c(Br)[nH]c3ccccc23)C(=O)N[C@@H](c2ccc(O)cc2)CC(=O)O1. The second-order valence-electron chi connectivity index (χ2n) is 13.7. The minimum atomic E-state index is -1.03. The van der Waals surface area contributed by atoms with Gasteiger partial charge in [0.25, 0.3) is 0 Å². The maximum Gasteiger partial charge on any atom is 0.308 e. The summed E-state index contributed by atoms with van der Waals surface area (Å²) < 4.78 is 12.6. The Kier molecular flexibility index (Phi) is 10.5. The molecule has 2 aliphatic heterocycles. The van der Waals surface area contributed by atoms with Crippen LogP contribution < -0.4 is 10.6 Å². The van der Waals surface area contributed by atoms with Crippen LogP contribution in [0.5, 0.6) is 5.75 Å². The molecule has 4 N–H and O–H groups in total. The first-order valence-corrected chi connectivity index (χ1v) is 17.2. The molecule has 258 valence electrons. The van der Waals surface area contributed by atoms with E-state index in [1.807, 2.05) is 52.0 Å². The number of carbonyl (C=O) groups excluding carboxylic acids is 4. The molecule has 0 radical (unpaired) electrons. The number of rotatable bonds is 3. The van der Waals surface area contributed by atoms with Gasteiger partial charge in [-0.1, -0.05) is 44.2 Å². The smallest absolute Gasteiger partial charge is 0.308 e. The highest BCUT2D eigenvalue weighted by atomic mass is 79.9. The Labute approximate surface area is 289 Å². The summed E-state index contributed by atoms with van der Waals surface area (Å²) in [6.07, 6.45) is 0.464. The third-order valence-electron chi connectivity index (χ3n) is 9.64. The first kappa shape index (κ1) is 35.4. The minimum Gasteiger partial charge on any atom is -0.508 e. The highest BCUT2D eigenvalue weighted by Crippen LogP contribution is 2.47. The molecule has 2 aliphatic rings. The van der Waals surface area contributed by atoms with Gasteiger partial charge in [0, 0.05) is 30.3 Å². The van der Waals surface area contributed by atoms with Crippen molar-refractivity contribution in [2.24, 2.45) is 11.8 Å². The van der Waals surface area contributed by atoms with Gasteiger partial charge in [-0.25, -0.2) is 0 Å². The summed E-state index contributed by atoms with van der Waals surface area (Å²) in [6.45, 7) is 9.27. The number of nitrogens with zero attached hydrogens (tertiary/aromatic N) is 1. The average molecular weight is 726 g/mol. The zero-order chi connectivity index (χ0) is 34.9. The van der Waals surface area contributed by atoms with Crippen LogP contribution in [-0.4, -0.2) is 75.6 Å². The molecule has 2 fully saturated rings. The summed E-state index contributed by atoms with van der Waals surface area (Å²) in [5, 5.41) is 16.7. The van der Waals surface area contributed by atoms with Crippen molar-refractivity contribution in [3.8, 4) is 5.75 Å². The third-order valence-corrected chi connectivity index (χ3v) is 10.3. The van der Waals surface area contributed by atoms with Crippen molar-refractivity contribution in [3.63, 3.8) is 0 Å². The van der Waals surface area contributed by atoms with E-state index in [0.717, 1.165) is 16.5 Å². The highest BCUT2D eigenvalue weighted by Gasteiger charge is 2.55. The number of H-pyrrole nitrogens is 1. The number of para-hydroxylation sites is 1. The molecule has 0 saturated carbocycles. The number of halogens is 1. The summed E-state index contributed by atoms with van der Waals surface area (Å²) in [5.41, 5.74) is 1.74. The molecule has 3 aromatic rings. The molecule has 12 heteroatoms. The molecule has 0 bridgehead atoms. The zero-order valence-electron chi connectivity index (χ0n) is 28.2. The summed E-state index contributed by atoms with van der Waals surface area (Å²) in [4.78, 5) is 59.5. The molecule has 0 spiro atoms. The maximum absolute atomic E-state index is 14.3. The van der Waals surface area contributed by atoms with Gasteiger partial charge in [-0.3, -0.25) is 19.2 Å². The molecule has 48 heavy (non-hydrogen) atoms. The fraction of sp³-hybridized carbons (Fsp3) is 0.500. The van der Waals surface area contributed by atoms with Crippen molar-refractivity contribution < 1.29 is 33.8 Å². The maximum atomic E-state index is 14.3. The number of phenolic OH excluding ortho intramolecular Hbond substituents is 1. The van der Waals surface area contributed by atoms with Crippen LogP contribution >= 0.6 is 15.9 Å². The molecular formula is C36H45BrN4O7. The van der Waals surface area contributed by atoms with E-state index in [2.05, 4.69) is 31.5 Å². The van der Waals surface area contributed by atoms with Crippen molar-refractivity contribution in [1.82, 2.24) is 20.5 Å². The number of aromatic nitrogens is 1. The van der Waals surface area contributed by atoms with Gasteiger partial charge < -0.3 is 35.1 Å². The molecular weight excluding hydrogens is 680 g/mol. The van der Waals surface area contributed by atoms with Gasteiger partial charge in [0.05, 0.1) is 34.9 Å². The Morgan fingerprint density at radius 2 is 1.67 bits per heavy atom. The summed E-state index contributed by atoms with van der Waals surface area (Å²) in [6, 6.07) is 11.1. The Morgan fingerprint density at radius 3 is 2.38 bits per heavy atom. The first-order valence-electron chi connectivity index (χ1n) is 16.5. The van der Waals surface area contributed by atoms with Gasteiger partial charge in [0.2, 0.25) is 17.7 Å². The fourth-order valence-electron chi connectivity index (χ4n) is 7.04. The van der Waals surface area contributed by atoms with Gasteiger partial charge in [0.1, 0.15) is 17.8 Å². The van der Waals surface area contributed by atoms with Crippen LogP contribution in [0.15, 0.2) is 53.1 Å². The summed E-state index contributed by atoms with van der Waals surface area (Å²) in [7, 11) is 1.54. The van der Waals surface area contributed by atoms with Gasteiger partial charge in [0.15, 0.2) is 0 Å². The number of aromatic amines is 1. The fourth-order valence-corrected chi connectivity index (χ4v) is 7.63. The first-order chi connectivity index (χ1) is 22.7. The summed E-state index contributed by atoms with van der Waals surface area (Å²) >= 11 is 3.60. The molecule has 0 aliphatic carbocycles. The second kappa shape index (κ2) is 14.3. The molecule has 8 atom stereocenters. The zero-order valence-corrected chi connectivity index (χ0v) is 29.8.